The second kappa shape index (κ2) is 11.0. The van der Waals surface area contributed by atoms with Crippen LogP contribution in [-0.2, 0) is 16.0 Å². The van der Waals surface area contributed by atoms with Gasteiger partial charge in [0.25, 0.3) is 0 Å². The molecule has 0 spiro atoms. The van der Waals surface area contributed by atoms with Crippen molar-refractivity contribution in [1.29, 1.82) is 0 Å². The smallest absolute Gasteiger partial charge is 0.242 e. The molecular formula is C27H31N3O4. The Kier molecular flexibility index (Phi) is 7.65. The normalized spacial score (nSPS) is 16.5. The molecule has 0 aromatic heterocycles. The highest BCUT2D eigenvalue weighted by atomic mass is 16.5. The van der Waals surface area contributed by atoms with Crippen LogP contribution in [0.5, 0.6) is 11.5 Å². The summed E-state index contributed by atoms with van der Waals surface area (Å²) in [6.07, 6.45) is 8.04. The molecule has 1 saturated heterocycles. The van der Waals surface area contributed by atoms with E-state index in [4.69, 9.17) is 9.47 Å². The lowest BCUT2D eigenvalue weighted by Crippen LogP contribution is -2.51. The van der Waals surface area contributed by atoms with Gasteiger partial charge in [-0.1, -0.05) is 42.5 Å². The van der Waals surface area contributed by atoms with Gasteiger partial charge in [-0.3, -0.25) is 14.5 Å². The van der Waals surface area contributed by atoms with Gasteiger partial charge in [-0.05, 0) is 34.9 Å². The summed E-state index contributed by atoms with van der Waals surface area (Å²) < 4.78 is 10.7. The first-order valence-corrected chi connectivity index (χ1v) is 11.5. The highest BCUT2D eigenvalue weighted by Gasteiger charge is 2.25. The molecule has 0 radical (unpaired) electrons. The quantitative estimate of drug-likeness (QED) is 0.635. The SMILES string of the molecule is COc1cc2c(cc1OC)CC(=O)N(CC(=O)N1CCN(CC=Cc3ccccc3)CC1)C=C2. The number of hydrogen-bond donors (Lipinski definition) is 0. The van der Waals surface area contributed by atoms with Gasteiger partial charge < -0.3 is 19.3 Å². The van der Waals surface area contributed by atoms with Gasteiger partial charge in [0.1, 0.15) is 6.54 Å². The minimum absolute atomic E-state index is 0.0291. The zero-order chi connectivity index (χ0) is 23.9. The maximum absolute atomic E-state index is 12.9. The first-order chi connectivity index (χ1) is 16.6. The van der Waals surface area contributed by atoms with Crippen LogP contribution in [0.4, 0.5) is 0 Å². The van der Waals surface area contributed by atoms with Gasteiger partial charge in [-0.15, -0.1) is 0 Å². The van der Waals surface area contributed by atoms with Crippen LogP contribution >= 0.6 is 0 Å². The number of benzene rings is 2. The first kappa shape index (κ1) is 23.6. The van der Waals surface area contributed by atoms with Crippen molar-refractivity contribution in [2.75, 3.05) is 53.5 Å². The van der Waals surface area contributed by atoms with E-state index >= 15 is 0 Å². The Hall–Kier alpha value is -3.58. The summed E-state index contributed by atoms with van der Waals surface area (Å²) >= 11 is 0. The van der Waals surface area contributed by atoms with Crippen LogP contribution in [0.25, 0.3) is 12.2 Å². The van der Waals surface area contributed by atoms with E-state index in [1.807, 2.05) is 41.3 Å². The summed E-state index contributed by atoms with van der Waals surface area (Å²) in [5.41, 5.74) is 2.93. The minimum Gasteiger partial charge on any atom is -0.493 e. The van der Waals surface area contributed by atoms with Crippen LogP contribution in [0.3, 0.4) is 0 Å². The average molecular weight is 462 g/mol. The Balaban J connectivity index is 1.30. The average Bonchev–Trinajstić information content (AvgIpc) is 3.02. The highest BCUT2D eigenvalue weighted by Crippen LogP contribution is 2.32. The summed E-state index contributed by atoms with van der Waals surface area (Å²) in [7, 11) is 3.16. The standard InChI is InChI=1S/C27H31N3O4/c1-33-24-17-22-10-12-30(26(31)19-23(22)18-25(24)34-2)20-27(32)29-15-13-28(14-16-29)11-6-9-21-7-4-3-5-8-21/h3-10,12,17-18H,11,13-16,19-20H2,1-2H3. The molecule has 2 heterocycles. The van der Waals surface area contributed by atoms with E-state index in [1.165, 1.54) is 10.5 Å². The predicted octanol–water partition coefficient (Wildman–Crippen LogP) is 2.92. The molecule has 178 valence electrons. The fourth-order valence-corrected chi connectivity index (χ4v) is 4.23. The Labute approximate surface area is 200 Å². The molecule has 2 aliphatic rings. The van der Waals surface area contributed by atoms with Crippen molar-refractivity contribution in [3.8, 4) is 11.5 Å². The third kappa shape index (κ3) is 5.66. The maximum Gasteiger partial charge on any atom is 0.242 e. The number of carbonyl (C=O) groups is 2. The zero-order valence-corrected chi connectivity index (χ0v) is 19.8. The summed E-state index contributed by atoms with van der Waals surface area (Å²) in [5.74, 6) is 1.06. The van der Waals surface area contributed by atoms with Crippen molar-refractivity contribution in [2.45, 2.75) is 6.42 Å². The predicted molar refractivity (Wildman–Crippen MR) is 132 cm³/mol. The molecule has 2 aromatic carbocycles. The van der Waals surface area contributed by atoms with Gasteiger partial charge in [0.15, 0.2) is 11.5 Å². The number of amides is 2. The van der Waals surface area contributed by atoms with E-state index in [2.05, 4.69) is 29.2 Å². The summed E-state index contributed by atoms with van der Waals surface area (Å²) in [6, 6.07) is 13.9. The molecule has 2 aliphatic heterocycles. The topological polar surface area (TPSA) is 62.3 Å². The number of methoxy groups -OCH3 is 2. The van der Waals surface area contributed by atoms with Crippen LogP contribution in [0.15, 0.2) is 54.7 Å². The van der Waals surface area contributed by atoms with E-state index < -0.39 is 0 Å². The molecule has 0 unspecified atom stereocenters. The van der Waals surface area contributed by atoms with Crippen LogP contribution < -0.4 is 9.47 Å². The largest absolute Gasteiger partial charge is 0.493 e. The van der Waals surface area contributed by atoms with Gasteiger partial charge in [0.2, 0.25) is 11.8 Å². The fraction of sp³-hybridized carbons (Fsp3) is 0.333. The molecule has 0 bridgehead atoms. The van der Waals surface area contributed by atoms with E-state index in [-0.39, 0.29) is 24.8 Å². The molecule has 4 rings (SSSR count). The number of hydrogen-bond acceptors (Lipinski definition) is 5. The Morgan fingerprint density at radius 1 is 1.00 bits per heavy atom. The molecular weight excluding hydrogens is 430 g/mol. The highest BCUT2D eigenvalue weighted by molar-refractivity contribution is 5.89. The van der Waals surface area contributed by atoms with Crippen molar-refractivity contribution in [2.24, 2.45) is 0 Å². The van der Waals surface area contributed by atoms with Crippen LogP contribution in [0.1, 0.15) is 16.7 Å². The third-order valence-electron chi connectivity index (χ3n) is 6.25. The van der Waals surface area contributed by atoms with Gasteiger partial charge in [-0.2, -0.15) is 0 Å². The monoisotopic (exact) mass is 461 g/mol. The lowest BCUT2D eigenvalue weighted by atomic mass is 10.0. The molecule has 1 fully saturated rings. The van der Waals surface area contributed by atoms with Crippen LogP contribution in [-0.4, -0.2) is 80.0 Å². The summed E-state index contributed by atoms with van der Waals surface area (Å²) in [5, 5.41) is 0. The maximum atomic E-state index is 12.9. The van der Waals surface area contributed by atoms with E-state index in [0.29, 0.717) is 24.6 Å². The molecule has 0 aliphatic carbocycles. The Bertz CT molecular complexity index is 1070. The third-order valence-corrected chi connectivity index (χ3v) is 6.25. The van der Waals surface area contributed by atoms with Crippen molar-refractivity contribution in [3.05, 3.63) is 71.4 Å². The summed E-state index contributed by atoms with van der Waals surface area (Å²) in [6.45, 7) is 3.87. The fourth-order valence-electron chi connectivity index (χ4n) is 4.23. The molecule has 2 amide bonds. The number of rotatable bonds is 7. The van der Waals surface area contributed by atoms with Crippen molar-refractivity contribution >= 4 is 24.0 Å². The van der Waals surface area contributed by atoms with E-state index in [0.717, 1.165) is 30.8 Å². The lowest BCUT2D eigenvalue weighted by Gasteiger charge is -2.35. The van der Waals surface area contributed by atoms with E-state index in [9.17, 15) is 9.59 Å². The number of piperazine rings is 1. The number of nitrogens with zero attached hydrogens (tertiary/aromatic N) is 3. The Morgan fingerprint density at radius 2 is 1.71 bits per heavy atom. The van der Waals surface area contributed by atoms with Crippen molar-refractivity contribution < 1.29 is 19.1 Å². The molecule has 0 atom stereocenters. The molecule has 2 aromatic rings. The number of ether oxygens (including phenoxy) is 2. The molecule has 7 nitrogen and oxygen atoms in total. The number of carbonyl (C=O) groups excluding carboxylic acids is 2. The van der Waals surface area contributed by atoms with Crippen LogP contribution in [0.2, 0.25) is 0 Å². The summed E-state index contributed by atoms with van der Waals surface area (Å²) in [4.78, 5) is 31.5. The number of fused-ring (bicyclic) bond motifs is 1. The van der Waals surface area contributed by atoms with Gasteiger partial charge in [0.05, 0.1) is 20.6 Å². The first-order valence-electron chi connectivity index (χ1n) is 11.5. The van der Waals surface area contributed by atoms with Crippen molar-refractivity contribution in [3.63, 3.8) is 0 Å². The van der Waals surface area contributed by atoms with Gasteiger partial charge >= 0.3 is 0 Å². The molecule has 0 saturated carbocycles. The molecule has 7 heteroatoms. The van der Waals surface area contributed by atoms with E-state index in [1.54, 1.807) is 20.4 Å². The second-order valence-electron chi connectivity index (χ2n) is 8.41. The zero-order valence-electron chi connectivity index (χ0n) is 19.8. The Morgan fingerprint density at radius 3 is 2.41 bits per heavy atom. The van der Waals surface area contributed by atoms with Gasteiger partial charge in [-0.25, -0.2) is 0 Å². The minimum atomic E-state index is -0.111. The van der Waals surface area contributed by atoms with Gasteiger partial charge in [0, 0.05) is 38.9 Å². The van der Waals surface area contributed by atoms with Crippen LogP contribution in [0, 0.1) is 0 Å². The molecule has 0 N–H and O–H groups in total. The molecule has 34 heavy (non-hydrogen) atoms. The second-order valence-corrected chi connectivity index (χ2v) is 8.41. The van der Waals surface area contributed by atoms with Crippen molar-refractivity contribution in [1.82, 2.24) is 14.7 Å². The lowest BCUT2D eigenvalue weighted by molar-refractivity contribution is -0.139.